The highest BCUT2D eigenvalue weighted by Crippen LogP contribution is 2.60. The van der Waals surface area contributed by atoms with Crippen LogP contribution in [0.1, 0.15) is 51.0 Å². The summed E-state index contributed by atoms with van der Waals surface area (Å²) in [5, 5.41) is 2.99. The van der Waals surface area contributed by atoms with E-state index in [4.69, 9.17) is 0 Å². The van der Waals surface area contributed by atoms with E-state index in [1.807, 2.05) is 24.3 Å². The second-order valence-corrected chi connectivity index (χ2v) is 8.92. The Kier molecular flexibility index (Phi) is 4.54. The van der Waals surface area contributed by atoms with Crippen LogP contribution >= 0.6 is 0 Å². The zero-order valence-electron chi connectivity index (χ0n) is 16.0. The summed E-state index contributed by atoms with van der Waals surface area (Å²) in [6.45, 7) is 2.21. The van der Waals surface area contributed by atoms with Crippen LogP contribution in [0, 0.1) is 23.2 Å². The molecule has 0 radical (unpaired) electrons. The standard InChI is InChI=1S/C22H30N2O2/c1-3-18-6-4-5-7-19(18)23-20(25)14-24(2)21(26)22-11-15-8-16(12-22)10-17(9-15)13-22/h4-7,15-17H,3,8-14H2,1-2H3,(H,23,25). The molecule has 1 aromatic carbocycles. The third-order valence-corrected chi connectivity index (χ3v) is 6.89. The average molecular weight is 354 g/mol. The van der Waals surface area contributed by atoms with Gasteiger partial charge in [0.2, 0.25) is 11.8 Å². The third kappa shape index (κ3) is 3.15. The summed E-state index contributed by atoms with van der Waals surface area (Å²) < 4.78 is 0. The highest BCUT2D eigenvalue weighted by atomic mass is 16.2. The molecule has 4 saturated carbocycles. The van der Waals surface area contributed by atoms with Gasteiger partial charge in [0.1, 0.15) is 0 Å². The molecular formula is C22H30N2O2. The van der Waals surface area contributed by atoms with Crippen molar-refractivity contribution in [1.29, 1.82) is 0 Å². The number of carbonyl (C=O) groups excluding carboxylic acids is 2. The number of amides is 2. The van der Waals surface area contributed by atoms with Crippen LogP contribution in [0.3, 0.4) is 0 Å². The molecule has 140 valence electrons. The number of benzene rings is 1. The van der Waals surface area contributed by atoms with Crippen LogP contribution < -0.4 is 5.32 Å². The van der Waals surface area contributed by atoms with Gasteiger partial charge in [-0.3, -0.25) is 9.59 Å². The van der Waals surface area contributed by atoms with Gasteiger partial charge < -0.3 is 10.2 Å². The molecular weight excluding hydrogens is 324 g/mol. The Morgan fingerprint density at radius 3 is 2.23 bits per heavy atom. The van der Waals surface area contributed by atoms with E-state index in [1.165, 1.54) is 19.3 Å². The zero-order chi connectivity index (χ0) is 18.3. The maximum Gasteiger partial charge on any atom is 0.243 e. The molecule has 1 aromatic rings. The molecule has 0 saturated heterocycles. The largest absolute Gasteiger partial charge is 0.336 e. The highest BCUT2D eigenvalue weighted by Gasteiger charge is 2.55. The maximum absolute atomic E-state index is 13.3. The highest BCUT2D eigenvalue weighted by molar-refractivity contribution is 5.96. The number of carbonyl (C=O) groups is 2. The van der Waals surface area contributed by atoms with Crippen molar-refractivity contribution in [2.45, 2.75) is 51.9 Å². The Morgan fingerprint density at radius 1 is 1.08 bits per heavy atom. The first-order valence-corrected chi connectivity index (χ1v) is 10.1. The smallest absolute Gasteiger partial charge is 0.243 e. The van der Waals surface area contributed by atoms with Gasteiger partial charge in [0.15, 0.2) is 0 Å². The molecule has 5 rings (SSSR count). The van der Waals surface area contributed by atoms with Gasteiger partial charge in [-0.15, -0.1) is 0 Å². The molecule has 0 spiro atoms. The fraction of sp³-hybridized carbons (Fsp3) is 0.636. The number of likely N-dealkylation sites (N-methyl/N-ethyl adjacent to an activating group) is 1. The van der Waals surface area contributed by atoms with Crippen molar-refractivity contribution in [2.24, 2.45) is 23.2 Å². The van der Waals surface area contributed by atoms with E-state index in [1.54, 1.807) is 11.9 Å². The number of hydrogen-bond donors (Lipinski definition) is 1. The van der Waals surface area contributed by atoms with Crippen LogP contribution in [-0.4, -0.2) is 30.3 Å². The van der Waals surface area contributed by atoms with E-state index < -0.39 is 0 Å². The lowest BCUT2D eigenvalue weighted by Crippen LogP contribution is -2.54. The van der Waals surface area contributed by atoms with Crippen molar-refractivity contribution >= 4 is 17.5 Å². The second kappa shape index (κ2) is 6.71. The Morgan fingerprint density at radius 2 is 1.65 bits per heavy atom. The van der Waals surface area contributed by atoms with E-state index >= 15 is 0 Å². The summed E-state index contributed by atoms with van der Waals surface area (Å²) in [7, 11) is 1.80. The Hall–Kier alpha value is -1.84. The van der Waals surface area contributed by atoms with E-state index in [0.717, 1.165) is 54.7 Å². The number of hydrogen-bond acceptors (Lipinski definition) is 2. The van der Waals surface area contributed by atoms with Gasteiger partial charge >= 0.3 is 0 Å². The van der Waals surface area contributed by atoms with Crippen molar-refractivity contribution in [3.63, 3.8) is 0 Å². The summed E-state index contributed by atoms with van der Waals surface area (Å²) in [5.41, 5.74) is 1.80. The lowest BCUT2D eigenvalue weighted by Gasteiger charge is -2.56. The molecule has 2 amide bonds. The minimum absolute atomic E-state index is 0.105. The SMILES string of the molecule is CCc1ccccc1NC(=O)CN(C)C(=O)C12CC3CC(CC(C3)C1)C2. The Balaban J connectivity index is 1.41. The predicted molar refractivity (Wildman–Crippen MR) is 103 cm³/mol. The number of nitrogens with zero attached hydrogens (tertiary/aromatic N) is 1. The molecule has 4 fully saturated rings. The molecule has 4 bridgehead atoms. The van der Waals surface area contributed by atoms with Crippen molar-refractivity contribution < 1.29 is 9.59 Å². The minimum atomic E-state index is -0.175. The summed E-state index contributed by atoms with van der Waals surface area (Å²) in [5.74, 6) is 2.32. The first-order chi connectivity index (χ1) is 12.5. The van der Waals surface area contributed by atoms with Crippen LogP contribution in [0.5, 0.6) is 0 Å². The fourth-order valence-corrected chi connectivity index (χ4v) is 6.20. The fourth-order valence-electron chi connectivity index (χ4n) is 6.20. The van der Waals surface area contributed by atoms with Crippen LogP contribution in [0.15, 0.2) is 24.3 Å². The molecule has 1 N–H and O–H groups in total. The molecule has 0 atom stereocenters. The summed E-state index contributed by atoms with van der Waals surface area (Å²) in [6.07, 6.45) is 7.98. The molecule has 4 nitrogen and oxygen atoms in total. The topological polar surface area (TPSA) is 49.4 Å². The van der Waals surface area contributed by atoms with Crippen LogP contribution in [-0.2, 0) is 16.0 Å². The average Bonchev–Trinajstić information content (AvgIpc) is 2.60. The van der Waals surface area contributed by atoms with Gasteiger partial charge in [-0.25, -0.2) is 0 Å². The van der Waals surface area contributed by atoms with Crippen molar-refractivity contribution in [3.8, 4) is 0 Å². The molecule has 0 aromatic heterocycles. The maximum atomic E-state index is 13.3. The monoisotopic (exact) mass is 354 g/mol. The minimum Gasteiger partial charge on any atom is -0.336 e. The number of aryl methyl sites for hydroxylation is 1. The summed E-state index contributed by atoms with van der Waals surface area (Å²) >= 11 is 0. The van der Waals surface area contributed by atoms with Gasteiger partial charge in [0.05, 0.1) is 12.0 Å². The van der Waals surface area contributed by atoms with Crippen molar-refractivity contribution in [2.75, 3.05) is 18.9 Å². The van der Waals surface area contributed by atoms with Crippen molar-refractivity contribution in [3.05, 3.63) is 29.8 Å². The van der Waals surface area contributed by atoms with Gasteiger partial charge in [-0.2, -0.15) is 0 Å². The summed E-state index contributed by atoms with van der Waals surface area (Å²) in [6, 6.07) is 7.87. The van der Waals surface area contributed by atoms with Crippen LogP contribution in [0.25, 0.3) is 0 Å². The first kappa shape index (κ1) is 17.6. The number of nitrogens with one attached hydrogen (secondary N) is 1. The molecule has 4 aliphatic rings. The van der Waals surface area contributed by atoms with E-state index in [0.29, 0.717) is 0 Å². The molecule has 0 aliphatic heterocycles. The molecule has 4 aliphatic carbocycles. The molecule has 26 heavy (non-hydrogen) atoms. The van der Waals surface area contributed by atoms with Gasteiger partial charge in [0.25, 0.3) is 0 Å². The lowest BCUT2D eigenvalue weighted by molar-refractivity contribution is -0.157. The molecule has 4 heteroatoms. The molecule has 0 unspecified atom stereocenters. The van der Waals surface area contributed by atoms with Gasteiger partial charge in [0, 0.05) is 12.7 Å². The van der Waals surface area contributed by atoms with Crippen LogP contribution in [0.2, 0.25) is 0 Å². The number of rotatable bonds is 5. The van der Waals surface area contributed by atoms with Crippen molar-refractivity contribution in [1.82, 2.24) is 4.90 Å². The quantitative estimate of drug-likeness (QED) is 0.873. The Labute approximate surface area is 156 Å². The first-order valence-electron chi connectivity index (χ1n) is 10.1. The van der Waals surface area contributed by atoms with Gasteiger partial charge in [-0.05, 0) is 74.3 Å². The Bertz CT molecular complexity index is 677. The summed E-state index contributed by atoms with van der Waals surface area (Å²) in [4.78, 5) is 27.4. The van der Waals surface area contributed by atoms with E-state index in [9.17, 15) is 9.59 Å². The lowest BCUT2D eigenvalue weighted by atomic mass is 9.49. The van der Waals surface area contributed by atoms with E-state index in [2.05, 4.69) is 12.2 Å². The number of anilines is 1. The zero-order valence-corrected chi connectivity index (χ0v) is 16.0. The number of para-hydroxylation sites is 1. The second-order valence-electron chi connectivity index (χ2n) is 8.92. The van der Waals surface area contributed by atoms with E-state index in [-0.39, 0.29) is 23.8 Å². The normalized spacial score (nSPS) is 31.7. The van der Waals surface area contributed by atoms with Crippen LogP contribution in [0.4, 0.5) is 5.69 Å². The predicted octanol–water partition coefficient (Wildman–Crippen LogP) is 3.86. The van der Waals surface area contributed by atoms with Gasteiger partial charge in [-0.1, -0.05) is 25.1 Å². The molecule has 0 heterocycles. The third-order valence-electron chi connectivity index (χ3n) is 6.89.